The van der Waals surface area contributed by atoms with E-state index < -0.39 is 0 Å². The molecule has 1 aromatic rings. The van der Waals surface area contributed by atoms with Crippen molar-refractivity contribution in [2.45, 2.75) is 40.2 Å². The van der Waals surface area contributed by atoms with E-state index in [1.54, 1.807) is 0 Å². The van der Waals surface area contributed by atoms with Crippen LogP contribution in [0.15, 0.2) is 29.4 Å². The second-order valence-corrected chi connectivity index (χ2v) is 5.65. The Morgan fingerprint density at radius 2 is 2.05 bits per heavy atom. The van der Waals surface area contributed by atoms with E-state index in [4.69, 9.17) is 10.9 Å². The number of nitrogens with zero attached hydrogens (tertiary/aromatic N) is 1. The van der Waals surface area contributed by atoms with Crippen LogP contribution in [0.4, 0.5) is 0 Å². The van der Waals surface area contributed by atoms with Crippen molar-refractivity contribution >= 4 is 5.84 Å². The van der Waals surface area contributed by atoms with Gasteiger partial charge in [0.2, 0.25) is 0 Å². The zero-order valence-electron chi connectivity index (χ0n) is 12.3. The minimum atomic E-state index is -0.298. The van der Waals surface area contributed by atoms with Crippen LogP contribution < -0.4 is 11.1 Å². The molecule has 0 fully saturated rings. The molecular formula is C15H25N3O. The van der Waals surface area contributed by atoms with Gasteiger partial charge in [0.05, 0.1) is 0 Å². The molecule has 106 valence electrons. The highest BCUT2D eigenvalue weighted by atomic mass is 16.4. The van der Waals surface area contributed by atoms with Gasteiger partial charge in [-0.3, -0.25) is 0 Å². The zero-order valence-corrected chi connectivity index (χ0v) is 12.3. The first-order chi connectivity index (χ1) is 8.88. The Bertz CT molecular complexity index is 441. The predicted molar refractivity (Wildman–Crippen MR) is 79.4 cm³/mol. The third-order valence-corrected chi connectivity index (χ3v) is 3.66. The number of benzene rings is 1. The lowest BCUT2D eigenvalue weighted by atomic mass is 9.88. The largest absolute Gasteiger partial charge is 0.409 e. The average molecular weight is 263 g/mol. The number of hydrogen-bond donors (Lipinski definition) is 3. The smallest absolute Gasteiger partial charge is 0.144 e. The second-order valence-electron chi connectivity index (χ2n) is 5.65. The van der Waals surface area contributed by atoms with Crippen LogP contribution in [0.25, 0.3) is 0 Å². The molecule has 4 nitrogen and oxygen atoms in total. The van der Waals surface area contributed by atoms with Gasteiger partial charge < -0.3 is 16.3 Å². The molecule has 4 heteroatoms. The van der Waals surface area contributed by atoms with E-state index in [1.807, 2.05) is 19.9 Å². The molecule has 1 aromatic carbocycles. The molecule has 0 aliphatic rings. The first kappa shape index (κ1) is 15.5. The van der Waals surface area contributed by atoms with Crippen LogP contribution in [0.3, 0.4) is 0 Å². The monoisotopic (exact) mass is 263 g/mol. The Hall–Kier alpha value is -1.55. The topological polar surface area (TPSA) is 70.6 Å². The summed E-state index contributed by atoms with van der Waals surface area (Å²) in [5.74, 6) is 0.276. The summed E-state index contributed by atoms with van der Waals surface area (Å²) in [6.45, 7) is 9.04. The van der Waals surface area contributed by atoms with Crippen molar-refractivity contribution < 1.29 is 5.21 Å². The van der Waals surface area contributed by atoms with Crippen LogP contribution in [0.2, 0.25) is 0 Å². The summed E-state index contributed by atoms with van der Waals surface area (Å²) in [6.07, 6.45) is 0.819. The lowest BCUT2D eigenvalue weighted by Crippen LogP contribution is -2.35. The van der Waals surface area contributed by atoms with Gasteiger partial charge in [0.15, 0.2) is 0 Å². The molecule has 0 saturated heterocycles. The molecule has 0 saturated carbocycles. The average Bonchev–Trinajstić information content (AvgIpc) is 2.37. The molecule has 0 radical (unpaired) electrons. The fourth-order valence-electron chi connectivity index (χ4n) is 2.05. The number of hydrogen-bond acceptors (Lipinski definition) is 3. The Morgan fingerprint density at radius 3 is 2.63 bits per heavy atom. The molecule has 0 aliphatic carbocycles. The number of nitrogens with one attached hydrogen (secondary N) is 1. The van der Waals surface area contributed by atoms with Crippen molar-refractivity contribution in [2.24, 2.45) is 16.3 Å². The molecule has 0 spiro atoms. The fourth-order valence-corrected chi connectivity index (χ4v) is 2.05. The van der Waals surface area contributed by atoms with Crippen LogP contribution in [-0.2, 0) is 0 Å². The van der Waals surface area contributed by atoms with Crippen LogP contribution in [0, 0.1) is 12.3 Å². The van der Waals surface area contributed by atoms with E-state index in [0.717, 1.165) is 13.0 Å². The Kier molecular flexibility index (Phi) is 5.36. The SMILES string of the molecule is Cc1ccccc1C(C)NCCC(C)(C)C(N)=NO. The summed E-state index contributed by atoms with van der Waals surface area (Å²) in [5.41, 5.74) is 7.98. The summed E-state index contributed by atoms with van der Waals surface area (Å²) in [7, 11) is 0. The molecule has 4 N–H and O–H groups in total. The highest BCUT2D eigenvalue weighted by molar-refractivity contribution is 5.85. The molecule has 0 heterocycles. The van der Waals surface area contributed by atoms with Crippen LogP contribution >= 0.6 is 0 Å². The van der Waals surface area contributed by atoms with Gasteiger partial charge in [-0.2, -0.15) is 0 Å². The van der Waals surface area contributed by atoms with E-state index in [2.05, 4.69) is 42.5 Å². The van der Waals surface area contributed by atoms with Crippen molar-refractivity contribution in [2.75, 3.05) is 6.54 Å². The molecule has 0 amide bonds. The molecule has 1 atom stereocenters. The number of nitrogens with two attached hydrogens (primary N) is 1. The maximum atomic E-state index is 8.74. The van der Waals surface area contributed by atoms with E-state index in [9.17, 15) is 0 Å². The van der Waals surface area contributed by atoms with Gasteiger partial charge in [-0.25, -0.2) is 0 Å². The van der Waals surface area contributed by atoms with Gasteiger partial charge in [0.25, 0.3) is 0 Å². The van der Waals surface area contributed by atoms with Gasteiger partial charge in [0, 0.05) is 11.5 Å². The Labute approximate surface area is 115 Å². The van der Waals surface area contributed by atoms with E-state index in [0.29, 0.717) is 6.04 Å². The van der Waals surface area contributed by atoms with E-state index in [1.165, 1.54) is 11.1 Å². The first-order valence-corrected chi connectivity index (χ1v) is 6.65. The summed E-state index contributed by atoms with van der Waals surface area (Å²) in [5, 5.41) is 15.3. The quantitative estimate of drug-likeness (QED) is 0.320. The summed E-state index contributed by atoms with van der Waals surface area (Å²) in [6, 6.07) is 8.66. The van der Waals surface area contributed by atoms with Gasteiger partial charge in [-0.1, -0.05) is 43.3 Å². The van der Waals surface area contributed by atoms with Gasteiger partial charge >= 0.3 is 0 Å². The van der Waals surface area contributed by atoms with E-state index >= 15 is 0 Å². The Balaban J connectivity index is 2.52. The third-order valence-electron chi connectivity index (χ3n) is 3.66. The highest BCUT2D eigenvalue weighted by Gasteiger charge is 2.23. The minimum Gasteiger partial charge on any atom is -0.409 e. The molecule has 19 heavy (non-hydrogen) atoms. The van der Waals surface area contributed by atoms with Crippen LogP contribution in [0.5, 0.6) is 0 Å². The number of rotatable bonds is 6. The van der Waals surface area contributed by atoms with E-state index in [-0.39, 0.29) is 11.3 Å². The second kappa shape index (κ2) is 6.57. The van der Waals surface area contributed by atoms with Crippen molar-refractivity contribution in [1.82, 2.24) is 5.32 Å². The predicted octanol–water partition coefficient (Wildman–Crippen LogP) is 2.81. The molecule has 0 bridgehead atoms. The van der Waals surface area contributed by atoms with Gasteiger partial charge in [0.1, 0.15) is 5.84 Å². The molecule has 0 aliphatic heterocycles. The summed E-state index contributed by atoms with van der Waals surface area (Å²) in [4.78, 5) is 0. The fraction of sp³-hybridized carbons (Fsp3) is 0.533. The molecular weight excluding hydrogens is 238 g/mol. The highest BCUT2D eigenvalue weighted by Crippen LogP contribution is 2.21. The lowest BCUT2D eigenvalue weighted by Gasteiger charge is -2.24. The minimum absolute atomic E-state index is 0.276. The maximum Gasteiger partial charge on any atom is 0.144 e. The first-order valence-electron chi connectivity index (χ1n) is 6.65. The molecule has 1 unspecified atom stereocenters. The van der Waals surface area contributed by atoms with Crippen molar-refractivity contribution in [3.63, 3.8) is 0 Å². The number of aryl methyl sites for hydroxylation is 1. The summed E-state index contributed by atoms with van der Waals surface area (Å²) < 4.78 is 0. The molecule has 1 rings (SSSR count). The van der Waals surface area contributed by atoms with Crippen LogP contribution in [-0.4, -0.2) is 17.6 Å². The van der Waals surface area contributed by atoms with Crippen molar-refractivity contribution in [3.05, 3.63) is 35.4 Å². The lowest BCUT2D eigenvalue weighted by molar-refractivity contribution is 0.304. The van der Waals surface area contributed by atoms with Crippen LogP contribution in [0.1, 0.15) is 44.4 Å². The Morgan fingerprint density at radius 1 is 1.42 bits per heavy atom. The van der Waals surface area contributed by atoms with Gasteiger partial charge in [-0.05, 0) is 37.9 Å². The number of amidine groups is 1. The third kappa shape index (κ3) is 4.24. The van der Waals surface area contributed by atoms with Crippen molar-refractivity contribution in [1.29, 1.82) is 0 Å². The van der Waals surface area contributed by atoms with Gasteiger partial charge in [-0.15, -0.1) is 0 Å². The van der Waals surface area contributed by atoms with Crippen molar-refractivity contribution in [3.8, 4) is 0 Å². The standard InChI is InChI=1S/C15H25N3O/c1-11-7-5-6-8-13(11)12(2)17-10-9-15(3,4)14(16)18-19/h5-8,12,17,19H,9-10H2,1-4H3,(H2,16,18). The normalized spacial score (nSPS) is 14.4. The maximum absolute atomic E-state index is 8.74. The molecule has 0 aromatic heterocycles. The number of oxime groups is 1. The zero-order chi connectivity index (χ0) is 14.5. The summed E-state index contributed by atoms with van der Waals surface area (Å²) >= 11 is 0.